The lowest BCUT2D eigenvalue weighted by Gasteiger charge is -2.34. The molecule has 7 nitrogen and oxygen atoms in total. The van der Waals surface area contributed by atoms with Gasteiger partial charge in [-0.05, 0) is 51.1 Å². The number of ether oxygens (including phenoxy) is 2. The molecule has 1 heterocycles. The van der Waals surface area contributed by atoms with Gasteiger partial charge >= 0.3 is 6.09 Å². The highest BCUT2D eigenvalue weighted by Gasteiger charge is 2.22. The van der Waals surface area contributed by atoms with Crippen LogP contribution in [0.5, 0.6) is 5.75 Å². The highest BCUT2D eigenvalue weighted by atomic mass is 16.6. The van der Waals surface area contributed by atoms with Crippen molar-refractivity contribution >= 4 is 17.7 Å². The number of nitrogens with zero attached hydrogens (tertiary/aromatic N) is 2. The minimum absolute atomic E-state index is 0.0342. The Morgan fingerprint density at radius 1 is 0.968 bits per heavy atom. The fraction of sp³-hybridized carbons (Fsp3) is 0.417. The fourth-order valence-corrected chi connectivity index (χ4v) is 3.32. The average Bonchev–Trinajstić information content (AvgIpc) is 2.73. The third kappa shape index (κ3) is 7.29. The zero-order valence-corrected chi connectivity index (χ0v) is 18.5. The van der Waals surface area contributed by atoms with E-state index >= 15 is 0 Å². The van der Waals surface area contributed by atoms with Gasteiger partial charge in [0.25, 0.3) is 5.91 Å². The van der Waals surface area contributed by atoms with Gasteiger partial charge < -0.3 is 14.4 Å². The van der Waals surface area contributed by atoms with Gasteiger partial charge in [-0.25, -0.2) is 4.79 Å². The molecule has 1 fully saturated rings. The van der Waals surface area contributed by atoms with Gasteiger partial charge in [-0.2, -0.15) is 0 Å². The van der Waals surface area contributed by atoms with Crippen LogP contribution in [0.2, 0.25) is 0 Å². The van der Waals surface area contributed by atoms with Gasteiger partial charge in [0.15, 0.2) is 0 Å². The molecule has 2 amide bonds. The van der Waals surface area contributed by atoms with Crippen molar-refractivity contribution in [3.63, 3.8) is 0 Å². The number of nitrogens with one attached hydrogen (secondary N) is 1. The number of rotatable bonds is 6. The Labute approximate surface area is 183 Å². The van der Waals surface area contributed by atoms with E-state index in [4.69, 9.17) is 9.47 Å². The van der Waals surface area contributed by atoms with E-state index < -0.39 is 11.7 Å². The van der Waals surface area contributed by atoms with Crippen molar-refractivity contribution in [3.05, 3.63) is 60.2 Å². The van der Waals surface area contributed by atoms with Crippen molar-refractivity contribution in [2.75, 3.05) is 44.6 Å². The van der Waals surface area contributed by atoms with E-state index in [2.05, 4.69) is 10.2 Å². The molecule has 31 heavy (non-hydrogen) atoms. The van der Waals surface area contributed by atoms with Gasteiger partial charge in [0.05, 0.1) is 0 Å². The van der Waals surface area contributed by atoms with Crippen molar-refractivity contribution in [3.8, 4) is 5.75 Å². The quantitative estimate of drug-likeness (QED) is 0.761. The van der Waals surface area contributed by atoms with Crippen LogP contribution in [0.25, 0.3) is 0 Å². The first-order chi connectivity index (χ1) is 14.8. The monoisotopic (exact) mass is 425 g/mol. The summed E-state index contributed by atoms with van der Waals surface area (Å²) in [7, 11) is 0. The largest absolute Gasteiger partial charge is 0.492 e. The SMILES string of the molecule is CC(C)(C)OC(=O)Nc1cccc(C(=O)N2CCN(CCOc3ccccc3)CC2)c1. The molecule has 1 N–H and O–H groups in total. The summed E-state index contributed by atoms with van der Waals surface area (Å²) in [5.74, 6) is 0.837. The third-order valence-electron chi connectivity index (χ3n) is 4.83. The Kier molecular flexibility index (Phi) is 7.52. The molecule has 1 saturated heterocycles. The van der Waals surface area contributed by atoms with Crippen LogP contribution >= 0.6 is 0 Å². The summed E-state index contributed by atoms with van der Waals surface area (Å²) in [4.78, 5) is 29.0. The molecule has 0 bridgehead atoms. The van der Waals surface area contributed by atoms with Crippen LogP contribution in [0.1, 0.15) is 31.1 Å². The average molecular weight is 426 g/mol. The Morgan fingerprint density at radius 3 is 2.35 bits per heavy atom. The van der Waals surface area contributed by atoms with E-state index in [1.165, 1.54) is 0 Å². The van der Waals surface area contributed by atoms with Crippen LogP contribution in [0, 0.1) is 0 Å². The summed E-state index contributed by atoms with van der Waals surface area (Å²) >= 11 is 0. The topological polar surface area (TPSA) is 71.1 Å². The Balaban J connectivity index is 1.46. The maximum atomic E-state index is 12.9. The summed E-state index contributed by atoms with van der Waals surface area (Å²) in [6.07, 6.45) is -0.538. The maximum absolute atomic E-state index is 12.9. The minimum Gasteiger partial charge on any atom is -0.492 e. The number of benzene rings is 2. The second kappa shape index (κ2) is 10.3. The molecule has 1 aliphatic heterocycles. The molecule has 2 aromatic rings. The standard InChI is InChI=1S/C24H31N3O4/c1-24(2,3)31-23(29)25-20-9-7-8-19(18-20)22(28)27-14-12-26(13-15-27)16-17-30-21-10-5-4-6-11-21/h4-11,18H,12-17H2,1-3H3,(H,25,29). The van der Waals surface area contributed by atoms with Crippen LogP contribution in [0.4, 0.5) is 10.5 Å². The van der Waals surface area contributed by atoms with E-state index in [1.54, 1.807) is 45.0 Å². The first-order valence-electron chi connectivity index (χ1n) is 10.6. The molecule has 3 rings (SSSR count). The normalized spacial score (nSPS) is 14.7. The molecule has 0 aromatic heterocycles. The zero-order chi connectivity index (χ0) is 22.3. The van der Waals surface area contributed by atoms with Crippen molar-refractivity contribution in [2.24, 2.45) is 0 Å². The zero-order valence-electron chi connectivity index (χ0n) is 18.5. The lowest BCUT2D eigenvalue weighted by molar-refractivity contribution is 0.0614. The number of carbonyl (C=O) groups excluding carboxylic acids is 2. The molecule has 0 atom stereocenters. The molecular weight excluding hydrogens is 394 g/mol. The molecular formula is C24H31N3O4. The molecule has 0 aliphatic carbocycles. The number of amides is 2. The molecule has 0 spiro atoms. The second-order valence-corrected chi connectivity index (χ2v) is 8.50. The van der Waals surface area contributed by atoms with Crippen molar-refractivity contribution in [1.29, 1.82) is 0 Å². The van der Waals surface area contributed by atoms with E-state index in [-0.39, 0.29) is 5.91 Å². The van der Waals surface area contributed by atoms with Gasteiger partial charge in [0, 0.05) is 44.0 Å². The predicted octanol–water partition coefficient (Wildman–Crippen LogP) is 3.87. The summed E-state index contributed by atoms with van der Waals surface area (Å²) in [6, 6.07) is 16.7. The van der Waals surface area contributed by atoms with Crippen molar-refractivity contribution < 1.29 is 19.1 Å². The van der Waals surface area contributed by atoms with Crippen LogP contribution in [-0.4, -0.2) is 66.7 Å². The Hall–Kier alpha value is -3.06. The molecule has 0 radical (unpaired) electrons. The highest BCUT2D eigenvalue weighted by molar-refractivity contribution is 5.96. The van der Waals surface area contributed by atoms with Gasteiger partial charge in [-0.1, -0.05) is 24.3 Å². The van der Waals surface area contributed by atoms with E-state index in [0.717, 1.165) is 25.4 Å². The molecule has 2 aromatic carbocycles. The predicted molar refractivity (Wildman–Crippen MR) is 121 cm³/mol. The third-order valence-corrected chi connectivity index (χ3v) is 4.83. The summed E-state index contributed by atoms with van der Waals surface area (Å²) in [6.45, 7) is 9.80. The summed E-state index contributed by atoms with van der Waals surface area (Å²) < 4.78 is 11.0. The van der Waals surface area contributed by atoms with Gasteiger partial charge in [0.1, 0.15) is 18.0 Å². The number of hydrogen-bond acceptors (Lipinski definition) is 5. The number of carbonyl (C=O) groups is 2. The first-order valence-corrected chi connectivity index (χ1v) is 10.6. The maximum Gasteiger partial charge on any atom is 0.412 e. The fourth-order valence-electron chi connectivity index (χ4n) is 3.32. The van der Waals surface area contributed by atoms with Crippen molar-refractivity contribution in [1.82, 2.24) is 9.80 Å². The van der Waals surface area contributed by atoms with E-state index in [0.29, 0.717) is 30.9 Å². The van der Waals surface area contributed by atoms with Crippen LogP contribution in [0.15, 0.2) is 54.6 Å². The molecule has 166 valence electrons. The number of hydrogen-bond donors (Lipinski definition) is 1. The lowest BCUT2D eigenvalue weighted by Crippen LogP contribution is -2.49. The van der Waals surface area contributed by atoms with E-state index in [9.17, 15) is 9.59 Å². The molecule has 0 unspecified atom stereocenters. The summed E-state index contributed by atoms with van der Waals surface area (Å²) in [5, 5.41) is 2.69. The van der Waals surface area contributed by atoms with Gasteiger partial charge in [0.2, 0.25) is 0 Å². The van der Waals surface area contributed by atoms with Crippen LogP contribution < -0.4 is 10.1 Å². The first kappa shape index (κ1) is 22.6. The van der Waals surface area contributed by atoms with Gasteiger partial charge in [-0.15, -0.1) is 0 Å². The lowest BCUT2D eigenvalue weighted by atomic mass is 10.1. The van der Waals surface area contributed by atoms with E-state index in [1.807, 2.05) is 35.2 Å². The molecule has 0 saturated carbocycles. The molecule has 7 heteroatoms. The number of para-hydroxylation sites is 1. The number of anilines is 1. The van der Waals surface area contributed by atoms with Crippen molar-refractivity contribution in [2.45, 2.75) is 26.4 Å². The number of piperazine rings is 1. The van der Waals surface area contributed by atoms with Crippen LogP contribution in [0.3, 0.4) is 0 Å². The smallest absolute Gasteiger partial charge is 0.412 e. The van der Waals surface area contributed by atoms with Gasteiger partial charge in [-0.3, -0.25) is 15.0 Å². The Bertz CT molecular complexity index is 872. The highest BCUT2D eigenvalue weighted by Crippen LogP contribution is 2.16. The molecule has 1 aliphatic rings. The second-order valence-electron chi connectivity index (χ2n) is 8.50. The minimum atomic E-state index is -0.580. The Morgan fingerprint density at radius 2 is 1.68 bits per heavy atom. The van der Waals surface area contributed by atoms with Crippen LogP contribution in [-0.2, 0) is 4.74 Å². The summed E-state index contributed by atoms with van der Waals surface area (Å²) in [5.41, 5.74) is 0.509.